The molecule has 266 valence electrons. The SMILES string of the molecule is CC1(C)c2ccccc2-c2ccc3c(c21)c1nc(-c2ncc4c(n2)c2c5c(ccc2n4-c2ccccc2)-c2ccccc2C5(C)C)ncc1n3-c1ccccc1. The summed E-state index contributed by atoms with van der Waals surface area (Å²) in [6, 6.07) is 47.7. The third-order valence-corrected chi connectivity index (χ3v) is 12.6. The van der Waals surface area contributed by atoms with Crippen molar-refractivity contribution >= 4 is 43.9 Å². The van der Waals surface area contributed by atoms with Gasteiger partial charge in [0.1, 0.15) is 11.0 Å². The van der Waals surface area contributed by atoms with E-state index < -0.39 is 0 Å². The molecule has 0 fully saturated rings. The summed E-state index contributed by atoms with van der Waals surface area (Å²) in [5.74, 6) is 1.02. The predicted octanol–water partition coefficient (Wildman–Crippen LogP) is 11.7. The van der Waals surface area contributed by atoms with Crippen molar-refractivity contribution in [2.24, 2.45) is 0 Å². The van der Waals surface area contributed by atoms with E-state index in [1.54, 1.807) is 0 Å². The van der Waals surface area contributed by atoms with E-state index in [9.17, 15) is 0 Å². The van der Waals surface area contributed by atoms with Gasteiger partial charge in [-0.25, -0.2) is 19.9 Å². The average Bonchev–Trinajstić information content (AvgIpc) is 3.89. The van der Waals surface area contributed by atoms with Crippen LogP contribution in [0.4, 0.5) is 0 Å². The topological polar surface area (TPSA) is 61.4 Å². The third-order valence-electron chi connectivity index (χ3n) is 12.6. The van der Waals surface area contributed by atoms with Gasteiger partial charge in [-0.1, -0.05) is 125 Å². The van der Waals surface area contributed by atoms with Crippen LogP contribution >= 0.6 is 0 Å². The highest BCUT2D eigenvalue weighted by Crippen LogP contribution is 2.54. The number of benzene rings is 6. The molecule has 0 atom stereocenters. The van der Waals surface area contributed by atoms with E-state index in [1.807, 2.05) is 12.4 Å². The molecule has 56 heavy (non-hydrogen) atoms. The number of nitrogens with zero attached hydrogens (tertiary/aromatic N) is 6. The summed E-state index contributed by atoms with van der Waals surface area (Å²) in [6.45, 7) is 9.34. The predicted molar refractivity (Wildman–Crippen MR) is 227 cm³/mol. The van der Waals surface area contributed by atoms with Crippen LogP contribution in [0.15, 0.2) is 146 Å². The minimum Gasteiger partial charge on any atom is -0.306 e. The summed E-state index contributed by atoms with van der Waals surface area (Å²) in [6.07, 6.45) is 3.93. The molecule has 0 amide bonds. The highest BCUT2D eigenvalue weighted by molar-refractivity contribution is 6.14. The number of para-hydroxylation sites is 2. The van der Waals surface area contributed by atoms with Crippen molar-refractivity contribution < 1.29 is 0 Å². The van der Waals surface area contributed by atoms with Crippen LogP contribution in [-0.2, 0) is 10.8 Å². The van der Waals surface area contributed by atoms with E-state index in [4.69, 9.17) is 19.9 Å². The first-order valence-electron chi connectivity index (χ1n) is 19.3. The van der Waals surface area contributed by atoms with Gasteiger partial charge >= 0.3 is 0 Å². The minimum absolute atomic E-state index is 0.230. The Hall–Kier alpha value is -6.92. The fourth-order valence-corrected chi connectivity index (χ4v) is 10.2. The van der Waals surface area contributed by atoms with Gasteiger partial charge in [-0.2, -0.15) is 0 Å². The monoisotopic (exact) mass is 720 g/mol. The number of hydrogen-bond acceptors (Lipinski definition) is 4. The minimum atomic E-state index is -0.230. The maximum absolute atomic E-state index is 5.45. The lowest BCUT2D eigenvalue weighted by atomic mass is 9.81. The molecule has 12 rings (SSSR count). The second kappa shape index (κ2) is 10.9. The quantitative estimate of drug-likeness (QED) is 0.182. The van der Waals surface area contributed by atoms with E-state index in [2.05, 4.69) is 170 Å². The van der Waals surface area contributed by atoms with Crippen molar-refractivity contribution in [2.45, 2.75) is 38.5 Å². The van der Waals surface area contributed by atoms with Gasteiger partial charge in [0.25, 0.3) is 0 Å². The first kappa shape index (κ1) is 31.4. The van der Waals surface area contributed by atoms with Crippen LogP contribution in [0.25, 0.3) is 89.2 Å². The summed E-state index contributed by atoms with van der Waals surface area (Å²) in [5, 5.41) is 2.29. The van der Waals surface area contributed by atoms with Crippen LogP contribution < -0.4 is 0 Å². The maximum atomic E-state index is 5.45. The second-order valence-corrected chi connectivity index (χ2v) is 16.3. The zero-order valence-corrected chi connectivity index (χ0v) is 31.5. The Morgan fingerprint density at radius 3 is 1.21 bits per heavy atom. The molecule has 6 nitrogen and oxygen atoms in total. The van der Waals surface area contributed by atoms with E-state index in [0.717, 1.165) is 55.2 Å². The van der Waals surface area contributed by atoms with Crippen LogP contribution in [0.1, 0.15) is 49.9 Å². The van der Waals surface area contributed by atoms with Crippen LogP contribution in [-0.4, -0.2) is 29.1 Å². The molecule has 4 heterocycles. The molecular formula is C50H36N6. The lowest BCUT2D eigenvalue weighted by Crippen LogP contribution is -2.15. The van der Waals surface area contributed by atoms with Crippen LogP contribution in [0, 0.1) is 0 Å². The van der Waals surface area contributed by atoms with Crippen LogP contribution in [0.2, 0.25) is 0 Å². The Labute approximate surface area is 323 Å². The van der Waals surface area contributed by atoms with Crippen LogP contribution in [0.5, 0.6) is 0 Å². The normalized spacial score (nSPS) is 14.7. The molecule has 0 saturated carbocycles. The Morgan fingerprint density at radius 2 is 0.786 bits per heavy atom. The smallest absolute Gasteiger partial charge is 0.198 e. The van der Waals surface area contributed by atoms with Crippen LogP contribution in [0.3, 0.4) is 0 Å². The van der Waals surface area contributed by atoms with Gasteiger partial charge in [0.15, 0.2) is 11.6 Å². The van der Waals surface area contributed by atoms with Crippen molar-refractivity contribution in [2.75, 3.05) is 0 Å². The van der Waals surface area contributed by atoms with E-state index >= 15 is 0 Å². The van der Waals surface area contributed by atoms with Crippen molar-refractivity contribution in [1.29, 1.82) is 0 Å². The van der Waals surface area contributed by atoms with E-state index in [0.29, 0.717) is 11.6 Å². The van der Waals surface area contributed by atoms with Gasteiger partial charge in [0, 0.05) is 33.0 Å². The maximum Gasteiger partial charge on any atom is 0.198 e. The lowest BCUT2D eigenvalue weighted by Gasteiger charge is -2.22. The molecule has 0 radical (unpaired) electrons. The summed E-state index contributed by atoms with van der Waals surface area (Å²) < 4.78 is 4.60. The van der Waals surface area contributed by atoms with Crippen molar-refractivity contribution in [1.82, 2.24) is 29.1 Å². The molecule has 6 heteroatoms. The summed E-state index contributed by atoms with van der Waals surface area (Å²) in [4.78, 5) is 21.0. The molecule has 2 aliphatic rings. The summed E-state index contributed by atoms with van der Waals surface area (Å²) in [5.41, 5.74) is 17.9. The Bertz CT molecular complexity index is 3070. The van der Waals surface area contributed by atoms with Gasteiger partial charge in [-0.3, -0.25) is 0 Å². The fourth-order valence-electron chi connectivity index (χ4n) is 10.2. The van der Waals surface area contributed by atoms with Gasteiger partial charge in [0.2, 0.25) is 0 Å². The highest BCUT2D eigenvalue weighted by atomic mass is 15.1. The zero-order valence-electron chi connectivity index (χ0n) is 31.5. The molecule has 4 aromatic heterocycles. The molecule has 10 aromatic rings. The van der Waals surface area contributed by atoms with Crippen molar-refractivity contribution in [3.8, 4) is 45.3 Å². The summed E-state index contributed by atoms with van der Waals surface area (Å²) in [7, 11) is 0. The molecule has 0 N–H and O–H groups in total. The summed E-state index contributed by atoms with van der Waals surface area (Å²) >= 11 is 0. The standard InChI is InChI=1S/C50H36N6/c1-49(2)35-21-13-11-19-31(35)33-23-25-37-41(43(33)49)45-39(55(37)29-15-7-5-8-16-29)27-51-47(53-45)48-52-28-40-46(54-48)42-38(56(40)30-17-9-6-10-18-30)26-24-34-32-20-12-14-22-36(32)50(3,4)44(34)42/h5-28H,1-4H3. The highest BCUT2D eigenvalue weighted by Gasteiger charge is 2.40. The molecule has 2 aliphatic carbocycles. The molecule has 0 spiro atoms. The molecular weight excluding hydrogens is 685 g/mol. The molecule has 0 aliphatic heterocycles. The van der Waals surface area contributed by atoms with Crippen molar-refractivity contribution in [3.05, 3.63) is 168 Å². The second-order valence-electron chi connectivity index (χ2n) is 16.3. The molecule has 0 saturated heterocycles. The zero-order chi connectivity index (χ0) is 37.5. The molecule has 0 unspecified atom stereocenters. The number of rotatable bonds is 3. The van der Waals surface area contributed by atoms with E-state index in [1.165, 1.54) is 44.5 Å². The lowest BCUT2D eigenvalue weighted by molar-refractivity contribution is 0.666. The first-order chi connectivity index (χ1) is 27.3. The van der Waals surface area contributed by atoms with Crippen molar-refractivity contribution in [3.63, 3.8) is 0 Å². The van der Waals surface area contributed by atoms with Gasteiger partial charge in [-0.15, -0.1) is 0 Å². The third kappa shape index (κ3) is 3.95. The van der Waals surface area contributed by atoms with Gasteiger partial charge in [-0.05, 0) is 80.9 Å². The first-order valence-corrected chi connectivity index (χ1v) is 19.3. The Kier molecular flexibility index (Phi) is 6.09. The molecule has 0 bridgehead atoms. The Morgan fingerprint density at radius 1 is 0.393 bits per heavy atom. The Balaban J connectivity index is 1.16. The largest absolute Gasteiger partial charge is 0.306 e. The van der Waals surface area contributed by atoms with E-state index in [-0.39, 0.29) is 10.8 Å². The average molecular weight is 721 g/mol. The molecule has 6 aromatic carbocycles. The number of fused-ring (bicyclic) bond motifs is 14. The number of hydrogen-bond donors (Lipinski definition) is 0. The van der Waals surface area contributed by atoms with Gasteiger partial charge in [0.05, 0.1) is 34.5 Å². The number of aromatic nitrogens is 6. The van der Waals surface area contributed by atoms with Gasteiger partial charge < -0.3 is 9.13 Å². The fraction of sp³-hybridized carbons (Fsp3) is 0.120.